The molecule has 1 aromatic rings. The Morgan fingerprint density at radius 3 is 2.62 bits per heavy atom. The molecule has 0 radical (unpaired) electrons. The third-order valence-corrected chi connectivity index (χ3v) is 2.75. The van der Waals surface area contributed by atoms with Crippen LogP contribution in [-0.2, 0) is 19.1 Å². The van der Waals surface area contributed by atoms with E-state index in [9.17, 15) is 18.8 Å². The standard InChI is InChI=1S/C14H16FNO5/c1-21-14(20)8-11(9-3-2-4-10(15)7-9)16-12(17)5-6-13(18)19/h2-4,7,11H,5-6,8H2,1H3,(H,16,17)(H,18,19)/t11-/m1/s1. The normalized spacial score (nSPS) is 11.5. The van der Waals surface area contributed by atoms with Crippen LogP contribution in [0.15, 0.2) is 24.3 Å². The summed E-state index contributed by atoms with van der Waals surface area (Å²) in [5, 5.41) is 11.0. The van der Waals surface area contributed by atoms with Crippen LogP contribution in [0.25, 0.3) is 0 Å². The van der Waals surface area contributed by atoms with Crippen LogP contribution in [0.3, 0.4) is 0 Å². The van der Waals surface area contributed by atoms with E-state index in [1.807, 2.05) is 0 Å². The number of halogens is 1. The Kier molecular flexibility index (Phi) is 6.32. The van der Waals surface area contributed by atoms with Crippen LogP contribution in [0.4, 0.5) is 4.39 Å². The number of hydrogen-bond donors (Lipinski definition) is 2. The van der Waals surface area contributed by atoms with Crippen LogP contribution in [0.1, 0.15) is 30.9 Å². The zero-order chi connectivity index (χ0) is 15.8. The second-order valence-electron chi connectivity index (χ2n) is 4.35. The maximum atomic E-state index is 13.2. The van der Waals surface area contributed by atoms with Crippen molar-refractivity contribution in [3.05, 3.63) is 35.6 Å². The average Bonchev–Trinajstić information content (AvgIpc) is 2.44. The van der Waals surface area contributed by atoms with E-state index in [1.165, 1.54) is 25.3 Å². The zero-order valence-corrected chi connectivity index (χ0v) is 11.5. The van der Waals surface area contributed by atoms with E-state index in [-0.39, 0.29) is 19.3 Å². The molecule has 114 valence electrons. The first-order valence-electron chi connectivity index (χ1n) is 6.25. The maximum Gasteiger partial charge on any atom is 0.307 e. The number of carbonyl (C=O) groups is 3. The summed E-state index contributed by atoms with van der Waals surface area (Å²) < 4.78 is 17.8. The summed E-state index contributed by atoms with van der Waals surface area (Å²) in [7, 11) is 1.21. The largest absolute Gasteiger partial charge is 0.481 e. The molecule has 0 aliphatic heterocycles. The lowest BCUT2D eigenvalue weighted by Gasteiger charge is -2.18. The monoisotopic (exact) mass is 297 g/mol. The molecule has 0 fully saturated rings. The van der Waals surface area contributed by atoms with Crippen LogP contribution >= 0.6 is 0 Å². The Morgan fingerprint density at radius 1 is 1.33 bits per heavy atom. The molecule has 21 heavy (non-hydrogen) atoms. The molecule has 6 nitrogen and oxygen atoms in total. The summed E-state index contributed by atoms with van der Waals surface area (Å²) >= 11 is 0. The van der Waals surface area contributed by atoms with Crippen molar-refractivity contribution in [3.8, 4) is 0 Å². The first-order chi connectivity index (χ1) is 9.92. The Balaban J connectivity index is 2.80. The highest BCUT2D eigenvalue weighted by Crippen LogP contribution is 2.18. The molecule has 0 spiro atoms. The number of carboxylic acids is 1. The zero-order valence-electron chi connectivity index (χ0n) is 11.5. The summed E-state index contributed by atoms with van der Waals surface area (Å²) in [6, 6.07) is 4.69. The van der Waals surface area contributed by atoms with E-state index in [4.69, 9.17) is 5.11 Å². The topological polar surface area (TPSA) is 92.7 Å². The first kappa shape index (κ1) is 16.6. The highest BCUT2D eigenvalue weighted by Gasteiger charge is 2.19. The van der Waals surface area contributed by atoms with Crippen molar-refractivity contribution in [2.24, 2.45) is 0 Å². The number of amides is 1. The van der Waals surface area contributed by atoms with Crippen molar-refractivity contribution in [2.75, 3.05) is 7.11 Å². The molecular formula is C14H16FNO5. The van der Waals surface area contributed by atoms with E-state index in [1.54, 1.807) is 6.07 Å². The van der Waals surface area contributed by atoms with Gasteiger partial charge in [-0.15, -0.1) is 0 Å². The van der Waals surface area contributed by atoms with Crippen molar-refractivity contribution in [1.82, 2.24) is 5.32 Å². The van der Waals surface area contributed by atoms with E-state index in [0.717, 1.165) is 0 Å². The first-order valence-corrected chi connectivity index (χ1v) is 6.25. The second-order valence-corrected chi connectivity index (χ2v) is 4.35. The smallest absolute Gasteiger partial charge is 0.307 e. The second kappa shape index (κ2) is 7.98. The van der Waals surface area contributed by atoms with Crippen molar-refractivity contribution < 1.29 is 28.6 Å². The van der Waals surface area contributed by atoms with Crippen molar-refractivity contribution >= 4 is 17.8 Å². The lowest BCUT2D eigenvalue weighted by atomic mass is 10.0. The van der Waals surface area contributed by atoms with Gasteiger partial charge in [-0.25, -0.2) is 4.39 Å². The van der Waals surface area contributed by atoms with Gasteiger partial charge in [0.05, 0.1) is 26.0 Å². The van der Waals surface area contributed by atoms with E-state index in [2.05, 4.69) is 10.1 Å². The predicted octanol–water partition coefficient (Wildman–Crippen LogP) is 1.41. The molecule has 7 heteroatoms. The molecule has 1 rings (SSSR count). The van der Waals surface area contributed by atoms with E-state index >= 15 is 0 Å². The van der Waals surface area contributed by atoms with Crippen molar-refractivity contribution in [2.45, 2.75) is 25.3 Å². The third-order valence-electron chi connectivity index (χ3n) is 2.75. The molecule has 1 aromatic carbocycles. The molecule has 0 aliphatic carbocycles. The van der Waals surface area contributed by atoms with Gasteiger partial charge in [0.1, 0.15) is 5.82 Å². The molecule has 1 amide bonds. The summed E-state index contributed by atoms with van der Waals surface area (Å²) in [6.07, 6.45) is -0.707. The minimum Gasteiger partial charge on any atom is -0.481 e. The van der Waals surface area contributed by atoms with Crippen LogP contribution in [0.5, 0.6) is 0 Å². The van der Waals surface area contributed by atoms with Crippen LogP contribution in [0, 0.1) is 5.82 Å². The van der Waals surface area contributed by atoms with Crippen LogP contribution < -0.4 is 5.32 Å². The molecule has 2 N–H and O–H groups in total. The van der Waals surface area contributed by atoms with Gasteiger partial charge in [0, 0.05) is 6.42 Å². The Labute approximate surface area is 120 Å². The SMILES string of the molecule is COC(=O)C[C@@H](NC(=O)CCC(=O)O)c1cccc(F)c1. The molecule has 0 aromatic heterocycles. The highest BCUT2D eigenvalue weighted by atomic mass is 19.1. The maximum absolute atomic E-state index is 13.2. The average molecular weight is 297 g/mol. The Bertz CT molecular complexity index is 532. The Morgan fingerprint density at radius 2 is 2.05 bits per heavy atom. The molecule has 0 aliphatic rings. The van der Waals surface area contributed by atoms with Gasteiger partial charge in [-0.3, -0.25) is 14.4 Å². The number of esters is 1. The highest BCUT2D eigenvalue weighted by molar-refractivity contribution is 5.81. The lowest BCUT2D eigenvalue weighted by molar-refractivity contribution is -0.142. The van der Waals surface area contributed by atoms with Crippen molar-refractivity contribution in [1.29, 1.82) is 0 Å². The van der Waals surface area contributed by atoms with Crippen molar-refractivity contribution in [3.63, 3.8) is 0 Å². The fraction of sp³-hybridized carbons (Fsp3) is 0.357. The minimum absolute atomic E-state index is 0.168. The van der Waals surface area contributed by atoms with E-state index < -0.39 is 29.7 Å². The number of carboxylic acid groups (broad SMARTS) is 1. The van der Waals surface area contributed by atoms with Gasteiger partial charge in [0.25, 0.3) is 0 Å². The third kappa shape index (κ3) is 6.03. The summed E-state index contributed by atoms with van der Waals surface area (Å²) in [5.74, 6) is -2.69. The number of aliphatic carboxylic acids is 1. The van der Waals surface area contributed by atoms with Gasteiger partial charge < -0.3 is 15.2 Å². The molecule has 0 saturated carbocycles. The summed E-state index contributed by atoms with van der Waals surface area (Å²) in [6.45, 7) is 0. The van der Waals surface area contributed by atoms with Gasteiger partial charge in [-0.05, 0) is 17.7 Å². The van der Waals surface area contributed by atoms with Gasteiger partial charge >= 0.3 is 11.9 Å². The summed E-state index contributed by atoms with van der Waals surface area (Å²) in [5.41, 5.74) is 0.407. The number of hydrogen-bond acceptors (Lipinski definition) is 4. The number of nitrogens with one attached hydrogen (secondary N) is 1. The number of ether oxygens (including phenoxy) is 1. The molecule has 0 saturated heterocycles. The van der Waals surface area contributed by atoms with Gasteiger partial charge in [0.2, 0.25) is 5.91 Å². The summed E-state index contributed by atoms with van der Waals surface area (Å²) in [4.78, 5) is 33.5. The predicted molar refractivity (Wildman–Crippen MR) is 70.8 cm³/mol. The molecular weight excluding hydrogens is 281 g/mol. The van der Waals surface area contributed by atoms with Gasteiger partial charge in [-0.1, -0.05) is 12.1 Å². The number of benzene rings is 1. The lowest BCUT2D eigenvalue weighted by Crippen LogP contribution is -2.30. The minimum atomic E-state index is -1.10. The molecule has 1 atom stereocenters. The van der Waals surface area contributed by atoms with Crippen LogP contribution in [-0.4, -0.2) is 30.1 Å². The Hall–Kier alpha value is -2.44. The fourth-order valence-electron chi connectivity index (χ4n) is 1.71. The number of methoxy groups -OCH3 is 1. The molecule has 0 heterocycles. The molecule has 0 bridgehead atoms. The quantitative estimate of drug-likeness (QED) is 0.742. The fourth-order valence-corrected chi connectivity index (χ4v) is 1.71. The number of rotatable bonds is 7. The van der Waals surface area contributed by atoms with Gasteiger partial charge in [0.15, 0.2) is 0 Å². The number of carbonyl (C=O) groups excluding carboxylic acids is 2. The van der Waals surface area contributed by atoms with Crippen LogP contribution in [0.2, 0.25) is 0 Å². The van der Waals surface area contributed by atoms with E-state index in [0.29, 0.717) is 5.56 Å². The van der Waals surface area contributed by atoms with Gasteiger partial charge in [-0.2, -0.15) is 0 Å². The molecule has 0 unspecified atom stereocenters.